The highest BCUT2D eigenvalue weighted by Gasteiger charge is 2.16. The fourth-order valence-corrected chi connectivity index (χ4v) is 2.79. The van der Waals surface area contributed by atoms with Crippen LogP contribution in [0.3, 0.4) is 0 Å². The van der Waals surface area contributed by atoms with Crippen molar-refractivity contribution in [1.29, 1.82) is 0 Å². The SMILES string of the molecule is CN(C)CCN(Cc1cccc(O)c1)C(=O)NCc1ccc2c(c1)OCO2. The summed E-state index contributed by atoms with van der Waals surface area (Å²) in [5, 5.41) is 12.6. The van der Waals surface area contributed by atoms with Gasteiger partial charge in [-0.05, 0) is 49.5 Å². The molecule has 0 fully saturated rings. The van der Waals surface area contributed by atoms with Crippen LogP contribution in [0.2, 0.25) is 0 Å². The van der Waals surface area contributed by atoms with Crippen molar-refractivity contribution in [3.05, 3.63) is 53.6 Å². The number of ether oxygens (including phenoxy) is 2. The van der Waals surface area contributed by atoms with E-state index in [0.29, 0.717) is 25.4 Å². The number of carbonyl (C=O) groups excluding carboxylic acids is 1. The first-order valence-corrected chi connectivity index (χ1v) is 8.85. The molecular formula is C20H25N3O4. The Morgan fingerprint density at radius 3 is 2.67 bits per heavy atom. The maximum absolute atomic E-state index is 12.7. The van der Waals surface area contributed by atoms with Gasteiger partial charge in [0.25, 0.3) is 0 Å². The van der Waals surface area contributed by atoms with Gasteiger partial charge in [0.2, 0.25) is 6.79 Å². The van der Waals surface area contributed by atoms with Gasteiger partial charge < -0.3 is 29.7 Å². The minimum absolute atomic E-state index is 0.155. The van der Waals surface area contributed by atoms with Gasteiger partial charge in [-0.25, -0.2) is 4.79 Å². The Kier molecular flexibility index (Phi) is 6.03. The molecule has 0 aromatic heterocycles. The molecule has 0 saturated carbocycles. The minimum Gasteiger partial charge on any atom is -0.508 e. The number of phenolic OH excluding ortho intramolecular Hbond substituents is 1. The van der Waals surface area contributed by atoms with Gasteiger partial charge in [-0.15, -0.1) is 0 Å². The molecule has 144 valence electrons. The Morgan fingerprint density at radius 1 is 1.07 bits per heavy atom. The monoisotopic (exact) mass is 371 g/mol. The van der Waals surface area contributed by atoms with Gasteiger partial charge in [0.05, 0.1) is 0 Å². The number of fused-ring (bicyclic) bond motifs is 1. The molecule has 2 N–H and O–H groups in total. The summed E-state index contributed by atoms with van der Waals surface area (Å²) in [7, 11) is 3.94. The second-order valence-corrected chi connectivity index (χ2v) is 6.74. The number of urea groups is 1. The number of phenols is 1. The van der Waals surface area contributed by atoms with E-state index in [-0.39, 0.29) is 18.6 Å². The second kappa shape index (κ2) is 8.64. The van der Waals surface area contributed by atoms with Gasteiger partial charge in [0.1, 0.15) is 5.75 Å². The average Bonchev–Trinajstić information content (AvgIpc) is 3.11. The molecular weight excluding hydrogens is 346 g/mol. The number of carbonyl (C=O) groups is 1. The Labute approximate surface area is 159 Å². The van der Waals surface area contributed by atoms with Crippen molar-refractivity contribution in [3.63, 3.8) is 0 Å². The van der Waals surface area contributed by atoms with E-state index in [4.69, 9.17) is 9.47 Å². The molecule has 0 atom stereocenters. The molecule has 27 heavy (non-hydrogen) atoms. The normalized spacial score (nSPS) is 12.3. The standard InChI is InChI=1S/C20H25N3O4/c1-22(2)8-9-23(13-16-4-3-5-17(24)10-16)20(25)21-12-15-6-7-18-19(11-15)27-14-26-18/h3-7,10-11,24H,8-9,12-14H2,1-2H3,(H,21,25). The van der Waals surface area contributed by atoms with Crippen molar-refractivity contribution in [2.75, 3.05) is 34.0 Å². The molecule has 7 heteroatoms. The van der Waals surface area contributed by atoms with Crippen molar-refractivity contribution in [2.24, 2.45) is 0 Å². The number of amides is 2. The van der Waals surface area contributed by atoms with Crippen LogP contribution in [-0.2, 0) is 13.1 Å². The second-order valence-electron chi connectivity index (χ2n) is 6.74. The van der Waals surface area contributed by atoms with Gasteiger partial charge in [0.15, 0.2) is 11.5 Å². The lowest BCUT2D eigenvalue weighted by molar-refractivity contribution is 0.174. The van der Waals surface area contributed by atoms with E-state index >= 15 is 0 Å². The molecule has 1 heterocycles. The first-order valence-electron chi connectivity index (χ1n) is 8.85. The quantitative estimate of drug-likeness (QED) is 0.782. The molecule has 0 aliphatic carbocycles. The summed E-state index contributed by atoms with van der Waals surface area (Å²) in [6.45, 7) is 2.38. The summed E-state index contributed by atoms with van der Waals surface area (Å²) in [5.74, 6) is 1.62. The zero-order valence-corrected chi connectivity index (χ0v) is 15.6. The van der Waals surface area contributed by atoms with Crippen molar-refractivity contribution in [2.45, 2.75) is 13.1 Å². The van der Waals surface area contributed by atoms with E-state index in [1.54, 1.807) is 23.1 Å². The van der Waals surface area contributed by atoms with E-state index in [1.807, 2.05) is 43.3 Å². The summed E-state index contributed by atoms with van der Waals surface area (Å²) in [6.07, 6.45) is 0. The molecule has 2 amide bonds. The number of likely N-dealkylation sites (N-methyl/N-ethyl adjacent to an activating group) is 1. The predicted molar refractivity (Wildman–Crippen MR) is 102 cm³/mol. The van der Waals surface area contributed by atoms with Crippen LogP contribution >= 0.6 is 0 Å². The highest BCUT2D eigenvalue weighted by molar-refractivity contribution is 5.74. The fourth-order valence-electron chi connectivity index (χ4n) is 2.79. The lowest BCUT2D eigenvalue weighted by Gasteiger charge is -2.25. The topological polar surface area (TPSA) is 74.3 Å². The highest BCUT2D eigenvalue weighted by atomic mass is 16.7. The maximum Gasteiger partial charge on any atom is 0.318 e. The van der Waals surface area contributed by atoms with Crippen LogP contribution in [0, 0.1) is 0 Å². The van der Waals surface area contributed by atoms with Crippen LogP contribution in [0.1, 0.15) is 11.1 Å². The zero-order chi connectivity index (χ0) is 19.2. The molecule has 0 radical (unpaired) electrons. The summed E-state index contributed by atoms with van der Waals surface area (Å²) in [5.41, 5.74) is 1.82. The molecule has 2 aromatic rings. The first kappa shape index (κ1) is 18.8. The molecule has 1 aliphatic heterocycles. The summed E-state index contributed by atoms with van der Waals surface area (Å²) in [4.78, 5) is 16.5. The Morgan fingerprint density at radius 2 is 1.89 bits per heavy atom. The number of nitrogens with zero attached hydrogens (tertiary/aromatic N) is 2. The van der Waals surface area contributed by atoms with Crippen LogP contribution < -0.4 is 14.8 Å². The van der Waals surface area contributed by atoms with E-state index in [9.17, 15) is 9.90 Å². The lowest BCUT2D eigenvalue weighted by Crippen LogP contribution is -2.42. The molecule has 0 unspecified atom stereocenters. The molecule has 2 aromatic carbocycles. The average molecular weight is 371 g/mol. The number of nitrogens with one attached hydrogen (secondary N) is 1. The van der Waals surface area contributed by atoms with Gasteiger partial charge in [0, 0.05) is 26.2 Å². The fraction of sp³-hybridized carbons (Fsp3) is 0.350. The lowest BCUT2D eigenvalue weighted by atomic mass is 10.2. The first-order chi connectivity index (χ1) is 13.0. The zero-order valence-electron chi connectivity index (χ0n) is 15.6. The Bertz CT molecular complexity index is 795. The van der Waals surface area contributed by atoms with Crippen LogP contribution in [0.5, 0.6) is 17.2 Å². The third kappa shape index (κ3) is 5.27. The molecule has 0 bridgehead atoms. The molecule has 7 nitrogen and oxygen atoms in total. The predicted octanol–water partition coefficient (Wildman–Crippen LogP) is 2.39. The Hall–Kier alpha value is -2.93. The van der Waals surface area contributed by atoms with Crippen molar-refractivity contribution >= 4 is 6.03 Å². The van der Waals surface area contributed by atoms with Crippen molar-refractivity contribution in [1.82, 2.24) is 15.1 Å². The number of benzene rings is 2. The third-order valence-electron chi connectivity index (χ3n) is 4.27. The minimum atomic E-state index is -0.155. The van der Waals surface area contributed by atoms with Gasteiger partial charge in [-0.3, -0.25) is 0 Å². The van der Waals surface area contributed by atoms with E-state index in [0.717, 1.165) is 23.4 Å². The van der Waals surface area contributed by atoms with Gasteiger partial charge in [-0.2, -0.15) is 0 Å². The number of hydrogen-bond donors (Lipinski definition) is 2. The number of rotatable bonds is 7. The maximum atomic E-state index is 12.7. The van der Waals surface area contributed by atoms with Crippen LogP contribution in [0.4, 0.5) is 4.79 Å². The summed E-state index contributed by atoms with van der Waals surface area (Å²) in [6, 6.07) is 12.4. The van der Waals surface area contributed by atoms with Crippen LogP contribution in [0.25, 0.3) is 0 Å². The highest BCUT2D eigenvalue weighted by Crippen LogP contribution is 2.32. The molecule has 0 saturated heterocycles. The largest absolute Gasteiger partial charge is 0.508 e. The third-order valence-corrected chi connectivity index (χ3v) is 4.27. The van der Waals surface area contributed by atoms with Crippen molar-refractivity contribution < 1.29 is 19.4 Å². The van der Waals surface area contributed by atoms with Crippen molar-refractivity contribution in [3.8, 4) is 17.2 Å². The summed E-state index contributed by atoms with van der Waals surface area (Å²) < 4.78 is 10.7. The van der Waals surface area contributed by atoms with E-state index in [2.05, 4.69) is 5.32 Å². The molecule has 0 spiro atoms. The Balaban J connectivity index is 1.62. The smallest absolute Gasteiger partial charge is 0.318 e. The summed E-state index contributed by atoms with van der Waals surface area (Å²) >= 11 is 0. The van der Waals surface area contributed by atoms with E-state index < -0.39 is 0 Å². The molecule has 3 rings (SSSR count). The number of aromatic hydroxyl groups is 1. The van der Waals surface area contributed by atoms with Crippen LogP contribution in [-0.4, -0.2) is 54.9 Å². The van der Waals surface area contributed by atoms with Gasteiger partial charge in [-0.1, -0.05) is 18.2 Å². The van der Waals surface area contributed by atoms with E-state index in [1.165, 1.54) is 0 Å². The number of hydrogen-bond acceptors (Lipinski definition) is 5. The van der Waals surface area contributed by atoms with Gasteiger partial charge >= 0.3 is 6.03 Å². The van der Waals surface area contributed by atoms with Crippen LogP contribution in [0.15, 0.2) is 42.5 Å². The molecule has 1 aliphatic rings.